The lowest BCUT2D eigenvalue weighted by atomic mass is 10.2. The van der Waals surface area contributed by atoms with Crippen LogP contribution in [0.4, 0.5) is 5.69 Å². The first-order valence-electron chi connectivity index (χ1n) is 6.85. The first-order chi connectivity index (χ1) is 9.86. The van der Waals surface area contributed by atoms with Crippen LogP contribution in [0.3, 0.4) is 0 Å². The molecule has 0 aliphatic rings. The van der Waals surface area contributed by atoms with Crippen LogP contribution in [0.1, 0.15) is 18.9 Å². The fourth-order valence-corrected chi connectivity index (χ4v) is 1.99. The zero-order valence-electron chi connectivity index (χ0n) is 12.4. The fourth-order valence-electron chi connectivity index (χ4n) is 1.99. The van der Waals surface area contributed by atoms with Gasteiger partial charge in [0.2, 0.25) is 5.91 Å². The number of hydrogen-bond donors (Lipinski definition) is 3. The van der Waals surface area contributed by atoms with Gasteiger partial charge in [0, 0.05) is 18.8 Å². The van der Waals surface area contributed by atoms with Crippen molar-refractivity contribution in [2.24, 2.45) is 0 Å². The van der Waals surface area contributed by atoms with Crippen molar-refractivity contribution in [3.63, 3.8) is 0 Å². The number of hydrogen-bond acceptors (Lipinski definition) is 4. The van der Waals surface area contributed by atoms with Crippen molar-refractivity contribution in [2.75, 3.05) is 25.0 Å². The minimum atomic E-state index is -0.926. The predicted octanol–water partition coefficient (Wildman–Crippen LogP) is 1.09. The number of aryl methyl sites for hydroxylation is 1. The molecule has 0 aromatic heterocycles. The highest BCUT2D eigenvalue weighted by atomic mass is 16.4. The van der Waals surface area contributed by atoms with Gasteiger partial charge >= 0.3 is 5.97 Å². The van der Waals surface area contributed by atoms with Crippen LogP contribution in [0.25, 0.3) is 0 Å². The Balaban J connectivity index is 2.56. The highest BCUT2D eigenvalue weighted by molar-refractivity contribution is 5.92. The van der Waals surface area contributed by atoms with Crippen LogP contribution in [0, 0.1) is 6.92 Å². The second-order valence-electron chi connectivity index (χ2n) is 5.15. The molecule has 21 heavy (non-hydrogen) atoms. The van der Waals surface area contributed by atoms with Gasteiger partial charge in [0.05, 0.1) is 19.1 Å². The van der Waals surface area contributed by atoms with Gasteiger partial charge in [-0.1, -0.05) is 12.1 Å². The van der Waals surface area contributed by atoms with Crippen molar-refractivity contribution in [1.82, 2.24) is 4.90 Å². The molecular weight excluding hydrogens is 272 g/mol. The van der Waals surface area contributed by atoms with Gasteiger partial charge in [0.1, 0.15) is 0 Å². The standard InChI is InChI=1S/C15H22N2O4/c1-11-4-3-5-13(8-11)16-14(19)10-17(9-12(2)18)7-6-15(20)21/h3-5,8,12,18H,6-7,9-10H2,1-2H3,(H,16,19)(H,20,21). The van der Waals surface area contributed by atoms with Crippen molar-refractivity contribution in [3.05, 3.63) is 29.8 Å². The van der Waals surface area contributed by atoms with Crippen molar-refractivity contribution >= 4 is 17.6 Å². The Labute approximate surface area is 124 Å². The van der Waals surface area contributed by atoms with E-state index in [9.17, 15) is 14.7 Å². The van der Waals surface area contributed by atoms with Gasteiger partial charge in [-0.25, -0.2) is 0 Å². The summed E-state index contributed by atoms with van der Waals surface area (Å²) >= 11 is 0. The number of carboxylic acids is 1. The molecule has 1 unspecified atom stereocenters. The molecule has 0 aliphatic carbocycles. The summed E-state index contributed by atoms with van der Waals surface area (Å²) in [7, 11) is 0. The number of carboxylic acid groups (broad SMARTS) is 1. The van der Waals surface area contributed by atoms with Crippen molar-refractivity contribution in [1.29, 1.82) is 0 Å². The number of rotatable bonds is 8. The fraction of sp³-hybridized carbons (Fsp3) is 0.467. The molecule has 1 amide bonds. The normalized spacial score (nSPS) is 12.2. The Hall–Kier alpha value is -1.92. The molecule has 116 valence electrons. The van der Waals surface area contributed by atoms with Crippen LogP contribution < -0.4 is 5.32 Å². The molecule has 1 aromatic carbocycles. The molecule has 6 nitrogen and oxygen atoms in total. The van der Waals surface area contributed by atoms with E-state index in [1.54, 1.807) is 17.9 Å². The molecule has 0 fully saturated rings. The molecule has 1 atom stereocenters. The van der Waals surface area contributed by atoms with Gasteiger partial charge in [-0.15, -0.1) is 0 Å². The van der Waals surface area contributed by atoms with Crippen molar-refractivity contribution in [3.8, 4) is 0 Å². The van der Waals surface area contributed by atoms with E-state index in [0.717, 1.165) is 5.56 Å². The number of carbonyl (C=O) groups is 2. The molecule has 1 rings (SSSR count). The van der Waals surface area contributed by atoms with E-state index < -0.39 is 12.1 Å². The highest BCUT2D eigenvalue weighted by Gasteiger charge is 2.14. The second-order valence-corrected chi connectivity index (χ2v) is 5.15. The Morgan fingerprint density at radius 2 is 2.10 bits per heavy atom. The average molecular weight is 294 g/mol. The maximum Gasteiger partial charge on any atom is 0.304 e. The van der Waals surface area contributed by atoms with E-state index in [2.05, 4.69) is 5.32 Å². The number of aliphatic hydroxyl groups excluding tert-OH is 1. The van der Waals surface area contributed by atoms with E-state index >= 15 is 0 Å². The van der Waals surface area contributed by atoms with Crippen LogP contribution in [-0.4, -0.2) is 52.7 Å². The SMILES string of the molecule is Cc1cccc(NC(=O)CN(CCC(=O)O)CC(C)O)c1. The van der Waals surface area contributed by atoms with E-state index in [4.69, 9.17) is 5.11 Å². The highest BCUT2D eigenvalue weighted by Crippen LogP contribution is 2.09. The van der Waals surface area contributed by atoms with E-state index in [0.29, 0.717) is 5.69 Å². The number of benzene rings is 1. The predicted molar refractivity (Wildman–Crippen MR) is 80.2 cm³/mol. The second kappa shape index (κ2) is 8.39. The summed E-state index contributed by atoms with van der Waals surface area (Å²) in [5.41, 5.74) is 1.75. The van der Waals surface area contributed by atoms with E-state index in [1.807, 2.05) is 25.1 Å². The molecular formula is C15H22N2O4. The Morgan fingerprint density at radius 1 is 1.38 bits per heavy atom. The maximum absolute atomic E-state index is 12.0. The van der Waals surface area contributed by atoms with Crippen molar-refractivity contribution in [2.45, 2.75) is 26.4 Å². The molecule has 0 bridgehead atoms. The summed E-state index contributed by atoms with van der Waals surface area (Å²) in [4.78, 5) is 24.2. The summed E-state index contributed by atoms with van der Waals surface area (Å²) < 4.78 is 0. The van der Waals surface area contributed by atoms with Gasteiger partial charge in [-0.3, -0.25) is 14.5 Å². The minimum Gasteiger partial charge on any atom is -0.481 e. The lowest BCUT2D eigenvalue weighted by Crippen LogP contribution is -2.38. The molecule has 0 saturated heterocycles. The molecule has 0 spiro atoms. The monoisotopic (exact) mass is 294 g/mol. The number of anilines is 1. The van der Waals surface area contributed by atoms with Crippen LogP contribution in [0.5, 0.6) is 0 Å². The molecule has 0 radical (unpaired) electrons. The number of nitrogens with one attached hydrogen (secondary N) is 1. The van der Waals surface area contributed by atoms with E-state index in [1.165, 1.54) is 0 Å². The first-order valence-corrected chi connectivity index (χ1v) is 6.85. The Kier molecular flexibility index (Phi) is 6.84. The maximum atomic E-state index is 12.0. The lowest BCUT2D eigenvalue weighted by molar-refractivity contribution is -0.137. The summed E-state index contributed by atoms with van der Waals surface area (Å²) in [6.45, 7) is 4.07. The average Bonchev–Trinajstić information content (AvgIpc) is 2.35. The third kappa shape index (κ3) is 7.43. The van der Waals surface area contributed by atoms with Crippen LogP contribution in [-0.2, 0) is 9.59 Å². The minimum absolute atomic E-state index is 0.0477. The van der Waals surface area contributed by atoms with E-state index in [-0.39, 0.29) is 32.0 Å². The molecule has 0 heterocycles. The summed E-state index contributed by atoms with van der Waals surface area (Å²) in [6.07, 6.45) is -0.685. The van der Waals surface area contributed by atoms with Gasteiger partial charge in [0.25, 0.3) is 0 Å². The molecule has 0 saturated carbocycles. The van der Waals surface area contributed by atoms with Crippen LogP contribution in [0.15, 0.2) is 24.3 Å². The lowest BCUT2D eigenvalue weighted by Gasteiger charge is -2.22. The molecule has 6 heteroatoms. The smallest absolute Gasteiger partial charge is 0.304 e. The van der Waals surface area contributed by atoms with Crippen molar-refractivity contribution < 1.29 is 19.8 Å². The van der Waals surface area contributed by atoms with Crippen LogP contribution >= 0.6 is 0 Å². The quantitative estimate of drug-likeness (QED) is 0.668. The Morgan fingerprint density at radius 3 is 2.67 bits per heavy atom. The zero-order valence-corrected chi connectivity index (χ0v) is 12.4. The number of aliphatic carboxylic acids is 1. The van der Waals surface area contributed by atoms with Crippen LogP contribution in [0.2, 0.25) is 0 Å². The van der Waals surface area contributed by atoms with Gasteiger partial charge in [-0.2, -0.15) is 0 Å². The molecule has 1 aromatic rings. The van der Waals surface area contributed by atoms with Gasteiger partial charge in [0.15, 0.2) is 0 Å². The third-order valence-electron chi connectivity index (χ3n) is 2.83. The van der Waals surface area contributed by atoms with Gasteiger partial charge < -0.3 is 15.5 Å². The largest absolute Gasteiger partial charge is 0.481 e. The summed E-state index contributed by atoms with van der Waals surface area (Å²) in [6, 6.07) is 7.43. The third-order valence-corrected chi connectivity index (χ3v) is 2.83. The zero-order chi connectivity index (χ0) is 15.8. The Bertz CT molecular complexity index is 488. The summed E-state index contributed by atoms with van der Waals surface area (Å²) in [5, 5.41) is 20.9. The number of amides is 1. The molecule has 3 N–H and O–H groups in total. The topological polar surface area (TPSA) is 89.9 Å². The first kappa shape index (κ1) is 17.1. The van der Waals surface area contributed by atoms with Gasteiger partial charge in [-0.05, 0) is 31.5 Å². The number of aliphatic hydroxyl groups is 1. The number of nitrogens with zero attached hydrogens (tertiary/aromatic N) is 1. The summed E-state index contributed by atoms with van der Waals surface area (Å²) in [5.74, 6) is -1.16. The molecule has 0 aliphatic heterocycles. The number of carbonyl (C=O) groups excluding carboxylic acids is 1.